The van der Waals surface area contributed by atoms with Crippen molar-refractivity contribution in [1.82, 2.24) is 15.5 Å². The van der Waals surface area contributed by atoms with Gasteiger partial charge >= 0.3 is 0 Å². The van der Waals surface area contributed by atoms with Gasteiger partial charge in [0.05, 0.1) is 14.2 Å². The molecule has 0 radical (unpaired) electrons. The van der Waals surface area contributed by atoms with E-state index in [9.17, 15) is 4.79 Å². The van der Waals surface area contributed by atoms with Crippen LogP contribution >= 0.6 is 11.6 Å². The van der Waals surface area contributed by atoms with E-state index in [1.165, 1.54) is 14.2 Å². The number of halogens is 1. The van der Waals surface area contributed by atoms with Gasteiger partial charge in [-0.15, -0.1) is 10.2 Å². The first-order valence-electron chi connectivity index (χ1n) is 9.77. The number of ether oxygens (including phenoxy) is 2. The summed E-state index contributed by atoms with van der Waals surface area (Å²) in [6.07, 6.45) is 0. The van der Waals surface area contributed by atoms with Crippen molar-refractivity contribution >= 4 is 17.5 Å². The summed E-state index contributed by atoms with van der Waals surface area (Å²) < 4.78 is 16.7. The minimum atomic E-state index is -0.723. The lowest BCUT2D eigenvalue weighted by Gasteiger charge is -2.18. The van der Waals surface area contributed by atoms with E-state index in [2.05, 4.69) is 15.5 Å². The lowest BCUT2D eigenvalue weighted by molar-refractivity contribution is 0.0931. The number of rotatable bonds is 7. The Bertz CT molecular complexity index is 1190. The van der Waals surface area contributed by atoms with Gasteiger partial charge in [0.2, 0.25) is 11.8 Å². The highest BCUT2D eigenvalue weighted by Gasteiger charge is 2.27. The van der Waals surface area contributed by atoms with Crippen molar-refractivity contribution in [2.75, 3.05) is 14.2 Å². The van der Waals surface area contributed by atoms with E-state index in [-0.39, 0.29) is 11.5 Å². The molecule has 162 valence electrons. The molecule has 0 saturated heterocycles. The summed E-state index contributed by atoms with van der Waals surface area (Å²) in [6, 6.07) is 20.8. The van der Waals surface area contributed by atoms with Gasteiger partial charge in [0.25, 0.3) is 5.91 Å². The van der Waals surface area contributed by atoms with Gasteiger partial charge in [-0.3, -0.25) is 4.79 Å². The van der Waals surface area contributed by atoms with Gasteiger partial charge in [-0.25, -0.2) is 0 Å². The van der Waals surface area contributed by atoms with Crippen molar-refractivity contribution in [1.29, 1.82) is 0 Å². The molecule has 1 amide bonds. The molecule has 1 aromatic heterocycles. The van der Waals surface area contributed by atoms with Gasteiger partial charge in [0.15, 0.2) is 0 Å². The van der Waals surface area contributed by atoms with Gasteiger partial charge in [-0.05, 0) is 42.0 Å². The van der Waals surface area contributed by atoms with E-state index in [1.54, 1.807) is 42.5 Å². The van der Waals surface area contributed by atoms with E-state index in [0.29, 0.717) is 22.4 Å². The smallest absolute Gasteiger partial charge is 0.259 e. The first kappa shape index (κ1) is 21.4. The Morgan fingerprint density at radius 3 is 2.19 bits per heavy atom. The molecule has 0 fully saturated rings. The van der Waals surface area contributed by atoms with Crippen molar-refractivity contribution in [3.8, 4) is 23.0 Å². The van der Waals surface area contributed by atoms with E-state index >= 15 is 0 Å². The van der Waals surface area contributed by atoms with Gasteiger partial charge < -0.3 is 19.2 Å². The first-order chi connectivity index (χ1) is 15.6. The molecule has 0 aliphatic heterocycles. The van der Waals surface area contributed by atoms with Crippen LogP contribution in [0.2, 0.25) is 5.02 Å². The normalized spacial score (nSPS) is 11.6. The molecule has 0 saturated carbocycles. The van der Waals surface area contributed by atoms with Crippen LogP contribution in [0.1, 0.15) is 27.9 Å². The highest BCUT2D eigenvalue weighted by Crippen LogP contribution is 2.31. The molecule has 0 aliphatic carbocycles. The minimum Gasteiger partial charge on any atom is -0.496 e. The molecule has 0 aliphatic rings. The molecular weight excluding hydrogens is 430 g/mol. The van der Waals surface area contributed by atoms with Crippen molar-refractivity contribution in [2.24, 2.45) is 0 Å². The molecule has 1 N–H and O–H groups in total. The largest absolute Gasteiger partial charge is 0.496 e. The highest BCUT2D eigenvalue weighted by atomic mass is 35.5. The summed E-state index contributed by atoms with van der Waals surface area (Å²) in [4.78, 5) is 13.3. The second-order valence-electron chi connectivity index (χ2n) is 6.81. The summed E-state index contributed by atoms with van der Waals surface area (Å²) in [5.41, 5.74) is 1.76. The summed E-state index contributed by atoms with van der Waals surface area (Å²) in [5.74, 6) is 0.926. The van der Waals surface area contributed by atoms with Crippen molar-refractivity contribution in [3.05, 3.63) is 94.8 Å². The number of nitrogens with zero attached hydrogens (tertiary/aromatic N) is 2. The van der Waals surface area contributed by atoms with Crippen LogP contribution in [0.15, 0.2) is 77.2 Å². The number of nitrogens with one attached hydrogen (secondary N) is 1. The molecule has 32 heavy (non-hydrogen) atoms. The summed E-state index contributed by atoms with van der Waals surface area (Å²) >= 11 is 6.06. The topological polar surface area (TPSA) is 86.5 Å². The van der Waals surface area contributed by atoms with Crippen LogP contribution in [0.5, 0.6) is 11.5 Å². The maximum atomic E-state index is 13.3. The molecule has 4 aromatic rings. The van der Waals surface area contributed by atoms with E-state index in [0.717, 1.165) is 11.1 Å². The monoisotopic (exact) mass is 449 g/mol. The molecule has 1 heterocycles. The summed E-state index contributed by atoms with van der Waals surface area (Å²) in [5, 5.41) is 11.9. The number of carbonyl (C=O) groups is 1. The van der Waals surface area contributed by atoms with Crippen LogP contribution in [0.25, 0.3) is 11.5 Å². The van der Waals surface area contributed by atoms with Gasteiger partial charge in [0, 0.05) is 10.6 Å². The third kappa shape index (κ3) is 4.43. The number of hydrogen-bond acceptors (Lipinski definition) is 6. The predicted molar refractivity (Wildman–Crippen MR) is 120 cm³/mol. The summed E-state index contributed by atoms with van der Waals surface area (Å²) in [7, 11) is 2.98. The number of methoxy groups -OCH3 is 2. The molecular formula is C24H20ClN3O4. The zero-order valence-electron chi connectivity index (χ0n) is 17.4. The molecule has 0 bridgehead atoms. The maximum Gasteiger partial charge on any atom is 0.259 e. The molecule has 8 heteroatoms. The van der Waals surface area contributed by atoms with Crippen LogP contribution in [-0.4, -0.2) is 30.3 Å². The number of amides is 1. The highest BCUT2D eigenvalue weighted by molar-refractivity contribution is 6.30. The van der Waals surface area contributed by atoms with Crippen LogP contribution in [0, 0.1) is 0 Å². The molecule has 7 nitrogen and oxygen atoms in total. The quantitative estimate of drug-likeness (QED) is 0.430. The third-order valence-corrected chi connectivity index (χ3v) is 5.09. The first-order valence-corrected chi connectivity index (χ1v) is 10.1. The fraction of sp³-hybridized carbons (Fsp3) is 0.125. The maximum absolute atomic E-state index is 13.3. The SMILES string of the molecule is COc1cccc(OC)c1C(=O)N[C@H](c1ccc(Cl)cc1)c1nnc(-c2ccccc2)o1. The lowest BCUT2D eigenvalue weighted by Crippen LogP contribution is -2.30. The second kappa shape index (κ2) is 9.53. The second-order valence-corrected chi connectivity index (χ2v) is 7.24. The zero-order valence-corrected chi connectivity index (χ0v) is 18.2. The van der Waals surface area contributed by atoms with Crippen LogP contribution in [-0.2, 0) is 0 Å². The Labute approximate surface area is 190 Å². The average molecular weight is 450 g/mol. The summed E-state index contributed by atoms with van der Waals surface area (Å²) in [6.45, 7) is 0. The van der Waals surface area contributed by atoms with Crippen molar-refractivity contribution in [3.63, 3.8) is 0 Å². The van der Waals surface area contributed by atoms with Gasteiger partial charge in [-0.1, -0.05) is 48.0 Å². The Kier molecular flexibility index (Phi) is 6.37. The Hall–Kier alpha value is -3.84. The van der Waals surface area contributed by atoms with Gasteiger partial charge in [-0.2, -0.15) is 0 Å². The molecule has 0 spiro atoms. The van der Waals surface area contributed by atoms with E-state index < -0.39 is 11.9 Å². The van der Waals surface area contributed by atoms with Crippen LogP contribution in [0.4, 0.5) is 0 Å². The molecule has 0 unspecified atom stereocenters. The lowest BCUT2D eigenvalue weighted by atomic mass is 10.1. The van der Waals surface area contributed by atoms with E-state index in [1.807, 2.05) is 30.3 Å². The standard InChI is InChI=1S/C24H20ClN3O4/c1-30-18-9-6-10-19(31-2)20(18)22(29)26-21(15-11-13-17(25)14-12-15)24-28-27-23(32-24)16-7-4-3-5-8-16/h3-14,21H,1-2H3,(H,26,29)/t21-/m1/s1. The number of carbonyl (C=O) groups excluding carboxylic acids is 1. The van der Waals surface area contributed by atoms with Gasteiger partial charge in [0.1, 0.15) is 23.1 Å². The van der Waals surface area contributed by atoms with E-state index in [4.69, 9.17) is 25.5 Å². The fourth-order valence-corrected chi connectivity index (χ4v) is 3.40. The fourth-order valence-electron chi connectivity index (χ4n) is 3.27. The van der Waals surface area contributed by atoms with Crippen LogP contribution < -0.4 is 14.8 Å². The Morgan fingerprint density at radius 1 is 0.906 bits per heavy atom. The average Bonchev–Trinajstić information content (AvgIpc) is 3.33. The molecule has 1 atom stereocenters. The van der Waals surface area contributed by atoms with Crippen molar-refractivity contribution < 1.29 is 18.7 Å². The predicted octanol–water partition coefficient (Wildman–Crippen LogP) is 4.93. The van der Waals surface area contributed by atoms with Crippen molar-refractivity contribution in [2.45, 2.75) is 6.04 Å². The number of benzene rings is 3. The van der Waals surface area contributed by atoms with Crippen LogP contribution in [0.3, 0.4) is 0 Å². The Morgan fingerprint density at radius 2 is 1.56 bits per heavy atom. The molecule has 4 rings (SSSR count). The third-order valence-electron chi connectivity index (χ3n) is 4.84. The number of aromatic nitrogens is 2. The molecule has 3 aromatic carbocycles. The minimum absolute atomic E-state index is 0.230. The zero-order chi connectivity index (χ0) is 22.5. The Balaban J connectivity index is 1.73. The number of hydrogen-bond donors (Lipinski definition) is 1.